The summed E-state index contributed by atoms with van der Waals surface area (Å²) in [7, 11) is 3.70. The molecule has 112 valence electrons. The van der Waals surface area contributed by atoms with Gasteiger partial charge in [-0.25, -0.2) is 4.39 Å². The Labute approximate surface area is 120 Å². The van der Waals surface area contributed by atoms with Crippen molar-refractivity contribution in [3.63, 3.8) is 0 Å². The van der Waals surface area contributed by atoms with Crippen LogP contribution in [0.15, 0.2) is 6.07 Å². The second-order valence-electron chi connectivity index (χ2n) is 5.73. The maximum Gasteiger partial charge on any atom is 0.130 e. The minimum atomic E-state index is -0.182. The summed E-state index contributed by atoms with van der Waals surface area (Å²) < 4.78 is 19.6. The Morgan fingerprint density at radius 2 is 2.20 bits per heavy atom. The predicted molar refractivity (Wildman–Crippen MR) is 79.6 cm³/mol. The number of halogens is 1. The first-order valence-corrected chi connectivity index (χ1v) is 7.29. The summed E-state index contributed by atoms with van der Waals surface area (Å²) >= 11 is 0. The smallest absolute Gasteiger partial charge is 0.130 e. The summed E-state index contributed by atoms with van der Waals surface area (Å²) in [6, 6.07) is 1.93. The second kappa shape index (κ2) is 6.10. The summed E-state index contributed by atoms with van der Waals surface area (Å²) in [6.07, 6.45) is 1.84. The quantitative estimate of drug-likeness (QED) is 0.921. The zero-order valence-electron chi connectivity index (χ0n) is 12.9. The van der Waals surface area contributed by atoms with Gasteiger partial charge in [0.15, 0.2) is 0 Å². The molecule has 1 aliphatic heterocycles. The van der Waals surface area contributed by atoms with Gasteiger partial charge in [0.05, 0.1) is 7.11 Å². The molecule has 3 nitrogen and oxygen atoms in total. The van der Waals surface area contributed by atoms with Gasteiger partial charge in [0, 0.05) is 18.2 Å². The number of nitrogens with two attached hydrogens (primary N) is 1. The van der Waals surface area contributed by atoms with Crippen LogP contribution in [0, 0.1) is 18.7 Å². The Balaban J connectivity index is 2.48. The number of ether oxygens (including phenoxy) is 1. The van der Waals surface area contributed by atoms with Gasteiger partial charge in [-0.2, -0.15) is 0 Å². The largest absolute Gasteiger partial charge is 0.496 e. The average molecular weight is 280 g/mol. The topological polar surface area (TPSA) is 38.5 Å². The number of hydrogen-bond acceptors (Lipinski definition) is 3. The van der Waals surface area contributed by atoms with Gasteiger partial charge in [0.1, 0.15) is 11.6 Å². The Bertz CT molecular complexity index is 490. The molecule has 0 radical (unpaired) electrons. The van der Waals surface area contributed by atoms with Crippen molar-refractivity contribution in [1.29, 1.82) is 0 Å². The number of nitrogens with zero attached hydrogens (tertiary/aromatic N) is 1. The van der Waals surface area contributed by atoms with Crippen molar-refractivity contribution in [3.8, 4) is 5.75 Å². The van der Waals surface area contributed by atoms with Crippen molar-refractivity contribution in [2.24, 2.45) is 11.7 Å². The van der Waals surface area contributed by atoms with E-state index in [1.54, 1.807) is 20.1 Å². The lowest BCUT2D eigenvalue weighted by Gasteiger charge is -2.24. The fourth-order valence-electron chi connectivity index (χ4n) is 3.38. The number of likely N-dealkylation sites (tertiary alicyclic amines) is 1. The first-order chi connectivity index (χ1) is 9.53. The molecule has 1 saturated heterocycles. The van der Waals surface area contributed by atoms with Crippen LogP contribution >= 0.6 is 0 Å². The molecule has 1 fully saturated rings. The second-order valence-corrected chi connectivity index (χ2v) is 5.73. The van der Waals surface area contributed by atoms with Crippen LogP contribution < -0.4 is 10.5 Å². The Morgan fingerprint density at radius 1 is 1.50 bits per heavy atom. The van der Waals surface area contributed by atoms with Crippen molar-refractivity contribution < 1.29 is 9.13 Å². The molecule has 2 N–H and O–H groups in total. The van der Waals surface area contributed by atoms with Gasteiger partial charge in [-0.05, 0) is 56.5 Å². The van der Waals surface area contributed by atoms with E-state index in [1.807, 2.05) is 0 Å². The highest BCUT2D eigenvalue weighted by Gasteiger charge is 2.32. The number of benzene rings is 1. The molecule has 2 atom stereocenters. The molecule has 0 aromatic heterocycles. The van der Waals surface area contributed by atoms with Crippen LogP contribution in [-0.4, -0.2) is 32.1 Å². The third-order valence-electron chi connectivity index (χ3n) is 4.49. The fourth-order valence-corrected chi connectivity index (χ4v) is 3.38. The molecule has 1 aromatic rings. The summed E-state index contributed by atoms with van der Waals surface area (Å²) in [5.74, 6) is 1.01. The molecular weight excluding hydrogens is 255 g/mol. The van der Waals surface area contributed by atoms with Crippen LogP contribution in [0.4, 0.5) is 4.39 Å². The minimum absolute atomic E-state index is 0.182. The molecule has 0 amide bonds. The van der Waals surface area contributed by atoms with E-state index in [1.165, 1.54) is 0 Å². The summed E-state index contributed by atoms with van der Waals surface area (Å²) in [6.45, 7) is 5.53. The zero-order valence-corrected chi connectivity index (χ0v) is 12.9. The summed E-state index contributed by atoms with van der Waals surface area (Å²) in [5.41, 5.74) is 8.58. The Kier molecular flexibility index (Phi) is 4.66. The molecule has 0 saturated carbocycles. The van der Waals surface area contributed by atoms with Gasteiger partial charge < -0.3 is 10.5 Å². The van der Waals surface area contributed by atoms with E-state index in [4.69, 9.17) is 10.5 Å². The van der Waals surface area contributed by atoms with Gasteiger partial charge in [0.25, 0.3) is 0 Å². The lowest BCUT2D eigenvalue weighted by molar-refractivity contribution is 0.309. The molecule has 20 heavy (non-hydrogen) atoms. The standard InChI is InChI=1S/C16H25FN2O/c1-5-12-13(7-14(17)10(2)16(12)20-4)15-6-11(8-18)9-19(15)3/h7,11,15H,5-6,8-9,18H2,1-4H3. The number of rotatable bonds is 4. The summed E-state index contributed by atoms with van der Waals surface area (Å²) in [4.78, 5) is 2.28. The molecule has 0 aliphatic carbocycles. The van der Waals surface area contributed by atoms with Gasteiger partial charge in [0.2, 0.25) is 0 Å². The number of methoxy groups -OCH3 is 1. The molecule has 1 heterocycles. The van der Waals surface area contributed by atoms with E-state index >= 15 is 0 Å². The van der Waals surface area contributed by atoms with Crippen molar-refractivity contribution in [3.05, 3.63) is 28.6 Å². The normalized spacial score (nSPS) is 23.3. The first-order valence-electron chi connectivity index (χ1n) is 7.29. The van der Waals surface area contributed by atoms with E-state index in [2.05, 4.69) is 18.9 Å². The van der Waals surface area contributed by atoms with E-state index in [-0.39, 0.29) is 11.9 Å². The molecule has 0 spiro atoms. The summed E-state index contributed by atoms with van der Waals surface area (Å²) in [5, 5.41) is 0. The molecule has 4 heteroatoms. The highest BCUT2D eigenvalue weighted by Crippen LogP contribution is 2.40. The van der Waals surface area contributed by atoms with Gasteiger partial charge in [-0.3, -0.25) is 4.90 Å². The lowest BCUT2D eigenvalue weighted by atomic mass is 9.92. The van der Waals surface area contributed by atoms with Crippen LogP contribution in [0.2, 0.25) is 0 Å². The van der Waals surface area contributed by atoms with Crippen molar-refractivity contribution in [1.82, 2.24) is 4.90 Å². The van der Waals surface area contributed by atoms with Crippen molar-refractivity contribution in [2.75, 3.05) is 27.2 Å². The predicted octanol–water partition coefficient (Wildman–Crippen LogP) is 2.66. The monoisotopic (exact) mass is 280 g/mol. The molecule has 1 aliphatic rings. The molecule has 1 aromatic carbocycles. The maximum absolute atomic E-state index is 14.2. The highest BCUT2D eigenvalue weighted by atomic mass is 19.1. The number of hydrogen-bond donors (Lipinski definition) is 1. The van der Waals surface area contributed by atoms with E-state index in [0.29, 0.717) is 23.8 Å². The van der Waals surface area contributed by atoms with Crippen LogP contribution in [0.25, 0.3) is 0 Å². The molecule has 0 bridgehead atoms. The van der Waals surface area contributed by atoms with E-state index in [0.717, 1.165) is 30.5 Å². The Hall–Kier alpha value is -1.13. The van der Waals surface area contributed by atoms with Crippen LogP contribution in [-0.2, 0) is 6.42 Å². The average Bonchev–Trinajstić information content (AvgIpc) is 2.82. The van der Waals surface area contributed by atoms with Crippen LogP contribution in [0.3, 0.4) is 0 Å². The minimum Gasteiger partial charge on any atom is -0.496 e. The first kappa shape index (κ1) is 15.3. The van der Waals surface area contributed by atoms with Gasteiger partial charge in [-0.1, -0.05) is 6.92 Å². The van der Waals surface area contributed by atoms with E-state index in [9.17, 15) is 4.39 Å². The fraction of sp³-hybridized carbons (Fsp3) is 0.625. The molecule has 2 unspecified atom stereocenters. The third-order valence-corrected chi connectivity index (χ3v) is 4.49. The zero-order chi connectivity index (χ0) is 14.9. The van der Waals surface area contributed by atoms with Crippen molar-refractivity contribution >= 4 is 0 Å². The SMILES string of the molecule is CCc1c(C2CC(CN)CN2C)cc(F)c(C)c1OC. The van der Waals surface area contributed by atoms with E-state index < -0.39 is 0 Å². The van der Waals surface area contributed by atoms with Crippen LogP contribution in [0.1, 0.15) is 36.1 Å². The lowest BCUT2D eigenvalue weighted by Crippen LogP contribution is -2.21. The Morgan fingerprint density at radius 3 is 2.70 bits per heavy atom. The van der Waals surface area contributed by atoms with Gasteiger partial charge in [-0.15, -0.1) is 0 Å². The third kappa shape index (κ3) is 2.54. The molecular formula is C16H25FN2O. The highest BCUT2D eigenvalue weighted by molar-refractivity contribution is 5.48. The van der Waals surface area contributed by atoms with Gasteiger partial charge >= 0.3 is 0 Å². The maximum atomic E-state index is 14.2. The molecule has 2 rings (SSSR count). The van der Waals surface area contributed by atoms with Crippen LogP contribution in [0.5, 0.6) is 5.75 Å². The van der Waals surface area contributed by atoms with Crippen molar-refractivity contribution in [2.45, 2.75) is 32.7 Å².